The number of hydrogen-bond donors (Lipinski definition) is 2. The molecule has 0 radical (unpaired) electrons. The molecule has 1 heterocycles. The van der Waals surface area contributed by atoms with Gasteiger partial charge in [-0.1, -0.05) is 19.1 Å². The van der Waals surface area contributed by atoms with Crippen molar-refractivity contribution in [2.45, 2.75) is 40.2 Å². The van der Waals surface area contributed by atoms with Gasteiger partial charge in [-0.3, -0.25) is 4.68 Å². The Hall–Kier alpha value is -2.30. The zero-order chi connectivity index (χ0) is 16.3. The van der Waals surface area contributed by atoms with E-state index < -0.39 is 0 Å². The van der Waals surface area contributed by atoms with E-state index in [1.807, 2.05) is 56.8 Å². The van der Waals surface area contributed by atoms with Gasteiger partial charge in [0, 0.05) is 24.0 Å². The van der Waals surface area contributed by atoms with Gasteiger partial charge >= 0.3 is 6.03 Å². The van der Waals surface area contributed by atoms with E-state index in [4.69, 9.17) is 0 Å². The summed E-state index contributed by atoms with van der Waals surface area (Å²) in [4.78, 5) is 12.2. The highest BCUT2D eigenvalue weighted by molar-refractivity contribution is 5.89. The van der Waals surface area contributed by atoms with Crippen LogP contribution in [-0.4, -0.2) is 15.8 Å². The summed E-state index contributed by atoms with van der Waals surface area (Å²) in [5.41, 5.74) is 5.09. The number of anilines is 1. The van der Waals surface area contributed by atoms with E-state index >= 15 is 0 Å². The molecular formula is C17H24N4O. The second kappa shape index (κ2) is 6.64. The maximum atomic E-state index is 12.2. The van der Waals surface area contributed by atoms with Gasteiger partial charge in [0.2, 0.25) is 0 Å². The van der Waals surface area contributed by atoms with Gasteiger partial charge in [-0.05, 0) is 44.9 Å². The maximum Gasteiger partial charge on any atom is 0.319 e. The summed E-state index contributed by atoms with van der Waals surface area (Å²) in [6.07, 6.45) is 0.946. The number of benzene rings is 1. The molecule has 2 amide bonds. The highest BCUT2D eigenvalue weighted by Crippen LogP contribution is 2.20. The molecule has 0 aliphatic rings. The molecule has 0 aliphatic carbocycles. The molecule has 22 heavy (non-hydrogen) atoms. The zero-order valence-corrected chi connectivity index (χ0v) is 13.9. The minimum atomic E-state index is -0.205. The van der Waals surface area contributed by atoms with Crippen molar-refractivity contribution in [1.29, 1.82) is 0 Å². The molecule has 0 saturated heterocycles. The van der Waals surface area contributed by atoms with Crippen molar-refractivity contribution < 1.29 is 4.79 Å². The van der Waals surface area contributed by atoms with E-state index in [1.165, 1.54) is 5.56 Å². The van der Waals surface area contributed by atoms with Crippen LogP contribution >= 0.6 is 0 Å². The standard InChI is InChI=1S/C17H24N4O/c1-6-14-8-7-9-15(10-14)19-17(22)18-11(2)16-12(3)20-21(5)13(16)4/h7-11H,6H2,1-5H3,(H2,18,19,22)/t11-/m1/s1. The van der Waals surface area contributed by atoms with E-state index in [9.17, 15) is 4.79 Å². The van der Waals surface area contributed by atoms with Crippen LogP contribution in [0.5, 0.6) is 0 Å². The molecule has 2 rings (SSSR count). The smallest absolute Gasteiger partial charge is 0.319 e. The third kappa shape index (κ3) is 3.47. The van der Waals surface area contributed by atoms with Gasteiger partial charge < -0.3 is 10.6 Å². The third-order valence-electron chi connectivity index (χ3n) is 3.94. The van der Waals surface area contributed by atoms with E-state index in [0.717, 1.165) is 29.1 Å². The first-order chi connectivity index (χ1) is 10.4. The summed E-state index contributed by atoms with van der Waals surface area (Å²) >= 11 is 0. The van der Waals surface area contributed by atoms with E-state index in [-0.39, 0.29) is 12.1 Å². The summed E-state index contributed by atoms with van der Waals surface area (Å²) in [7, 11) is 1.91. The van der Waals surface area contributed by atoms with Crippen LogP contribution in [0.4, 0.5) is 10.5 Å². The van der Waals surface area contributed by atoms with Gasteiger partial charge in [-0.15, -0.1) is 0 Å². The van der Waals surface area contributed by atoms with Crippen molar-refractivity contribution in [3.63, 3.8) is 0 Å². The van der Waals surface area contributed by atoms with Crippen LogP contribution in [-0.2, 0) is 13.5 Å². The Morgan fingerprint density at radius 1 is 1.36 bits per heavy atom. The average Bonchev–Trinajstić information content (AvgIpc) is 2.72. The molecule has 118 valence electrons. The van der Waals surface area contributed by atoms with Gasteiger partial charge in [0.25, 0.3) is 0 Å². The van der Waals surface area contributed by atoms with Gasteiger partial charge in [0.1, 0.15) is 0 Å². The number of nitrogens with zero attached hydrogens (tertiary/aromatic N) is 2. The van der Waals surface area contributed by atoms with Crippen LogP contribution in [0.3, 0.4) is 0 Å². The summed E-state index contributed by atoms with van der Waals surface area (Å²) in [5.74, 6) is 0. The molecular weight excluding hydrogens is 276 g/mol. The van der Waals surface area contributed by atoms with Crippen LogP contribution in [0.1, 0.15) is 42.4 Å². The number of urea groups is 1. The van der Waals surface area contributed by atoms with Crippen molar-refractivity contribution >= 4 is 11.7 Å². The van der Waals surface area contributed by atoms with E-state index in [2.05, 4.69) is 22.7 Å². The Morgan fingerprint density at radius 2 is 2.09 bits per heavy atom. The Balaban J connectivity index is 2.05. The van der Waals surface area contributed by atoms with E-state index in [0.29, 0.717) is 0 Å². The van der Waals surface area contributed by atoms with Gasteiger partial charge in [-0.2, -0.15) is 5.10 Å². The van der Waals surface area contributed by atoms with Crippen LogP contribution in [0.2, 0.25) is 0 Å². The summed E-state index contributed by atoms with van der Waals surface area (Å²) in [6, 6.07) is 7.59. The Labute approximate surface area is 131 Å². The van der Waals surface area contributed by atoms with Crippen molar-refractivity contribution in [3.05, 3.63) is 46.8 Å². The number of aromatic nitrogens is 2. The molecule has 5 nitrogen and oxygen atoms in total. The number of nitrogens with one attached hydrogen (secondary N) is 2. The molecule has 2 N–H and O–H groups in total. The number of rotatable bonds is 4. The molecule has 1 aromatic carbocycles. The predicted molar refractivity (Wildman–Crippen MR) is 89.1 cm³/mol. The summed E-state index contributed by atoms with van der Waals surface area (Å²) in [5, 5.41) is 10.3. The molecule has 0 aliphatic heterocycles. The monoisotopic (exact) mass is 300 g/mol. The molecule has 0 spiro atoms. The number of carbonyl (C=O) groups excluding carboxylic acids is 1. The highest BCUT2D eigenvalue weighted by atomic mass is 16.2. The largest absolute Gasteiger partial charge is 0.331 e. The molecule has 1 atom stereocenters. The van der Waals surface area contributed by atoms with Crippen molar-refractivity contribution in [3.8, 4) is 0 Å². The summed E-state index contributed by atoms with van der Waals surface area (Å²) in [6.45, 7) is 8.04. The first kappa shape index (κ1) is 16.1. The molecule has 0 saturated carbocycles. The van der Waals surface area contributed by atoms with Crippen LogP contribution in [0.25, 0.3) is 0 Å². The average molecular weight is 300 g/mol. The van der Waals surface area contributed by atoms with Gasteiger partial charge in [0.15, 0.2) is 0 Å². The summed E-state index contributed by atoms with van der Waals surface area (Å²) < 4.78 is 1.84. The second-order valence-electron chi connectivity index (χ2n) is 5.58. The van der Waals surface area contributed by atoms with E-state index in [1.54, 1.807) is 0 Å². The molecule has 0 bridgehead atoms. The number of hydrogen-bond acceptors (Lipinski definition) is 2. The lowest BCUT2D eigenvalue weighted by Crippen LogP contribution is -2.31. The lowest BCUT2D eigenvalue weighted by atomic mass is 10.1. The fourth-order valence-corrected chi connectivity index (χ4v) is 2.72. The first-order valence-corrected chi connectivity index (χ1v) is 7.59. The minimum absolute atomic E-state index is 0.0944. The second-order valence-corrected chi connectivity index (χ2v) is 5.58. The number of amides is 2. The minimum Gasteiger partial charge on any atom is -0.331 e. The van der Waals surface area contributed by atoms with Crippen molar-refractivity contribution in [2.24, 2.45) is 7.05 Å². The third-order valence-corrected chi connectivity index (χ3v) is 3.94. The Morgan fingerprint density at radius 3 is 2.68 bits per heavy atom. The Kier molecular flexibility index (Phi) is 4.85. The van der Waals surface area contributed by atoms with Gasteiger partial charge in [-0.25, -0.2) is 4.79 Å². The van der Waals surface area contributed by atoms with Crippen LogP contribution in [0.15, 0.2) is 24.3 Å². The quantitative estimate of drug-likeness (QED) is 0.908. The fourth-order valence-electron chi connectivity index (χ4n) is 2.72. The molecule has 1 aromatic heterocycles. The molecule has 0 unspecified atom stereocenters. The fraction of sp³-hybridized carbons (Fsp3) is 0.412. The zero-order valence-electron chi connectivity index (χ0n) is 13.9. The topological polar surface area (TPSA) is 59.0 Å². The normalized spacial score (nSPS) is 12.0. The lowest BCUT2D eigenvalue weighted by molar-refractivity contribution is 0.249. The number of carbonyl (C=O) groups is 1. The first-order valence-electron chi connectivity index (χ1n) is 7.59. The highest BCUT2D eigenvalue weighted by Gasteiger charge is 2.18. The van der Waals surface area contributed by atoms with Crippen LogP contribution < -0.4 is 10.6 Å². The maximum absolute atomic E-state index is 12.2. The SMILES string of the molecule is CCc1cccc(NC(=O)N[C@H](C)c2c(C)nn(C)c2C)c1. The van der Waals surface area contributed by atoms with Crippen molar-refractivity contribution in [2.75, 3.05) is 5.32 Å². The van der Waals surface area contributed by atoms with Gasteiger partial charge in [0.05, 0.1) is 11.7 Å². The molecule has 2 aromatic rings. The lowest BCUT2D eigenvalue weighted by Gasteiger charge is -2.16. The Bertz CT molecular complexity index is 675. The van der Waals surface area contributed by atoms with Crippen molar-refractivity contribution in [1.82, 2.24) is 15.1 Å². The van der Waals surface area contributed by atoms with Crippen LogP contribution in [0, 0.1) is 13.8 Å². The number of aryl methyl sites for hydroxylation is 3. The molecule has 5 heteroatoms. The predicted octanol–water partition coefficient (Wildman–Crippen LogP) is 3.48. The molecule has 0 fully saturated rings.